The molecule has 1 aliphatic rings. The Kier molecular flexibility index (Phi) is 7.35. The van der Waals surface area contributed by atoms with Gasteiger partial charge in [0, 0.05) is 31.6 Å². The van der Waals surface area contributed by atoms with Gasteiger partial charge in [-0.25, -0.2) is 0 Å². The molecule has 2 N–H and O–H groups in total. The number of aromatic amines is 1. The number of amides is 1. The van der Waals surface area contributed by atoms with Crippen LogP contribution in [0.15, 0.2) is 29.1 Å². The maximum absolute atomic E-state index is 12.3. The number of hydrogen-bond acceptors (Lipinski definition) is 6. The highest BCUT2D eigenvalue weighted by molar-refractivity contribution is 5.76. The van der Waals surface area contributed by atoms with Crippen molar-refractivity contribution in [1.29, 1.82) is 0 Å². The molecule has 8 nitrogen and oxygen atoms in total. The van der Waals surface area contributed by atoms with Gasteiger partial charge >= 0.3 is 0 Å². The van der Waals surface area contributed by atoms with E-state index in [9.17, 15) is 9.59 Å². The summed E-state index contributed by atoms with van der Waals surface area (Å²) in [5.41, 5.74) is 0.659. The molecule has 1 fully saturated rings. The van der Waals surface area contributed by atoms with Gasteiger partial charge in [-0.3, -0.25) is 9.59 Å². The first-order chi connectivity index (χ1) is 14.0. The average Bonchev–Trinajstić information content (AvgIpc) is 3.25. The van der Waals surface area contributed by atoms with Gasteiger partial charge < -0.3 is 19.8 Å². The smallest absolute Gasteiger partial charge is 0.273 e. The molecule has 1 aromatic carbocycles. The summed E-state index contributed by atoms with van der Waals surface area (Å²) in [4.78, 5) is 27.0. The molecule has 8 heteroatoms. The highest BCUT2D eigenvalue weighted by atomic mass is 16.5. The molecule has 29 heavy (non-hydrogen) atoms. The summed E-state index contributed by atoms with van der Waals surface area (Å²) in [6.07, 6.45) is 3.59. The van der Waals surface area contributed by atoms with Crippen LogP contribution in [0.2, 0.25) is 0 Å². The number of aryl methyl sites for hydroxylation is 1. The zero-order chi connectivity index (χ0) is 20.6. The average molecular weight is 400 g/mol. The molecular formula is C21H28N4O4. The third kappa shape index (κ3) is 6.12. The number of carbonyl (C=O) groups is 1. The number of benzene rings is 1. The van der Waals surface area contributed by atoms with Gasteiger partial charge in [-0.2, -0.15) is 0 Å². The van der Waals surface area contributed by atoms with Crippen LogP contribution < -0.4 is 15.6 Å². The van der Waals surface area contributed by atoms with Gasteiger partial charge in [0.15, 0.2) is 5.82 Å². The van der Waals surface area contributed by atoms with Crippen LogP contribution in [0.1, 0.15) is 45.2 Å². The van der Waals surface area contributed by atoms with E-state index in [-0.39, 0.29) is 42.2 Å². The molecule has 1 saturated heterocycles. The maximum Gasteiger partial charge on any atom is 0.273 e. The Labute approximate surface area is 170 Å². The molecule has 1 aromatic heterocycles. The number of nitrogens with one attached hydrogen (secondary N) is 2. The normalized spacial score (nSPS) is 17.1. The van der Waals surface area contributed by atoms with E-state index in [4.69, 9.17) is 9.47 Å². The molecular weight excluding hydrogens is 372 g/mol. The van der Waals surface area contributed by atoms with Crippen molar-refractivity contribution in [2.75, 3.05) is 13.2 Å². The highest BCUT2D eigenvalue weighted by Crippen LogP contribution is 2.19. The molecule has 0 unspecified atom stereocenters. The van der Waals surface area contributed by atoms with Crippen molar-refractivity contribution in [3.05, 3.63) is 40.3 Å². The fraction of sp³-hybridized carbons (Fsp3) is 0.524. The molecule has 1 amide bonds. The van der Waals surface area contributed by atoms with E-state index in [1.807, 2.05) is 31.2 Å². The lowest BCUT2D eigenvalue weighted by molar-refractivity contribution is -0.121. The molecule has 2 atom stereocenters. The van der Waals surface area contributed by atoms with Crippen LogP contribution in [-0.4, -0.2) is 46.4 Å². The van der Waals surface area contributed by atoms with Gasteiger partial charge in [0.2, 0.25) is 5.91 Å². The summed E-state index contributed by atoms with van der Waals surface area (Å²) < 4.78 is 11.2. The summed E-state index contributed by atoms with van der Waals surface area (Å²) in [6, 6.07) is 7.34. The summed E-state index contributed by atoms with van der Waals surface area (Å²) >= 11 is 0. The lowest BCUT2D eigenvalue weighted by Crippen LogP contribution is -2.32. The topological polar surface area (TPSA) is 106 Å². The van der Waals surface area contributed by atoms with Crippen molar-refractivity contribution in [2.45, 2.75) is 58.2 Å². The molecule has 0 aliphatic carbocycles. The minimum Gasteiger partial charge on any atom is -0.491 e. The van der Waals surface area contributed by atoms with Crippen LogP contribution in [-0.2, 0) is 16.0 Å². The first-order valence-electron chi connectivity index (χ1n) is 10.2. The minimum atomic E-state index is -0.332. The minimum absolute atomic E-state index is 0.100. The zero-order valence-corrected chi connectivity index (χ0v) is 16.9. The largest absolute Gasteiger partial charge is 0.491 e. The SMILES string of the molecule is CC[C@@H](C)Oc1ccc(-c2nnc(CCC(=O)NC[C@@H]3CCCO3)c(=O)[nH]2)cc1. The van der Waals surface area contributed by atoms with Crippen LogP contribution in [0.5, 0.6) is 5.75 Å². The molecule has 2 aromatic rings. The number of aromatic nitrogens is 3. The van der Waals surface area contributed by atoms with Crippen molar-refractivity contribution >= 4 is 5.91 Å². The molecule has 0 bridgehead atoms. The fourth-order valence-corrected chi connectivity index (χ4v) is 3.01. The van der Waals surface area contributed by atoms with Crippen LogP contribution in [0.25, 0.3) is 11.4 Å². The monoisotopic (exact) mass is 400 g/mol. The van der Waals surface area contributed by atoms with Gasteiger partial charge in [0.1, 0.15) is 11.4 Å². The predicted octanol–water partition coefficient (Wildman–Crippen LogP) is 2.24. The van der Waals surface area contributed by atoms with Crippen LogP contribution in [0.3, 0.4) is 0 Å². The van der Waals surface area contributed by atoms with E-state index in [1.54, 1.807) is 0 Å². The Morgan fingerprint density at radius 1 is 1.34 bits per heavy atom. The lowest BCUT2D eigenvalue weighted by Gasteiger charge is -2.12. The number of rotatable bonds is 9. The second-order valence-electron chi connectivity index (χ2n) is 7.25. The number of H-pyrrole nitrogens is 1. The van der Waals surface area contributed by atoms with Gasteiger partial charge in [0.05, 0.1) is 12.2 Å². The van der Waals surface area contributed by atoms with Gasteiger partial charge in [-0.05, 0) is 50.5 Å². The van der Waals surface area contributed by atoms with Crippen molar-refractivity contribution in [1.82, 2.24) is 20.5 Å². The molecule has 0 radical (unpaired) electrons. The van der Waals surface area contributed by atoms with Crippen LogP contribution in [0, 0.1) is 0 Å². The number of ether oxygens (including phenoxy) is 2. The first kappa shape index (κ1) is 21.0. The predicted molar refractivity (Wildman–Crippen MR) is 109 cm³/mol. The van der Waals surface area contributed by atoms with Crippen molar-refractivity contribution in [3.63, 3.8) is 0 Å². The van der Waals surface area contributed by atoms with Gasteiger partial charge in [0.25, 0.3) is 5.56 Å². The maximum atomic E-state index is 12.3. The number of nitrogens with zero attached hydrogens (tertiary/aromatic N) is 2. The summed E-state index contributed by atoms with van der Waals surface area (Å²) in [5, 5.41) is 11.0. The number of hydrogen-bond donors (Lipinski definition) is 2. The van der Waals surface area contributed by atoms with Crippen molar-refractivity contribution < 1.29 is 14.3 Å². The van der Waals surface area contributed by atoms with Crippen molar-refractivity contribution in [2.24, 2.45) is 0 Å². The van der Waals surface area contributed by atoms with Gasteiger partial charge in [-0.15, -0.1) is 10.2 Å². The van der Waals surface area contributed by atoms with E-state index >= 15 is 0 Å². The number of carbonyl (C=O) groups excluding carboxylic acids is 1. The Balaban J connectivity index is 1.54. The Morgan fingerprint density at radius 3 is 2.79 bits per heavy atom. The fourth-order valence-electron chi connectivity index (χ4n) is 3.01. The summed E-state index contributed by atoms with van der Waals surface area (Å²) in [6.45, 7) is 5.34. The van der Waals surface area contributed by atoms with Crippen LogP contribution in [0.4, 0.5) is 0 Å². The van der Waals surface area contributed by atoms with E-state index in [0.29, 0.717) is 12.4 Å². The second kappa shape index (κ2) is 10.2. The highest BCUT2D eigenvalue weighted by Gasteiger charge is 2.16. The quantitative estimate of drug-likeness (QED) is 0.669. The van der Waals surface area contributed by atoms with Gasteiger partial charge in [-0.1, -0.05) is 6.92 Å². The molecule has 0 spiro atoms. The van der Waals surface area contributed by atoms with Crippen LogP contribution >= 0.6 is 0 Å². The Bertz CT molecular complexity index is 860. The summed E-state index contributed by atoms with van der Waals surface area (Å²) in [5.74, 6) is 1.03. The first-order valence-corrected chi connectivity index (χ1v) is 10.2. The lowest BCUT2D eigenvalue weighted by atomic mass is 10.2. The molecule has 3 rings (SSSR count). The van der Waals surface area contributed by atoms with E-state index < -0.39 is 0 Å². The second-order valence-corrected chi connectivity index (χ2v) is 7.25. The van der Waals surface area contributed by atoms with E-state index in [2.05, 4.69) is 27.4 Å². The molecule has 2 heterocycles. The Hall–Kier alpha value is -2.74. The Morgan fingerprint density at radius 2 is 2.14 bits per heavy atom. The zero-order valence-electron chi connectivity index (χ0n) is 16.9. The third-order valence-corrected chi connectivity index (χ3v) is 4.94. The van der Waals surface area contributed by atoms with E-state index in [1.165, 1.54) is 0 Å². The molecule has 156 valence electrons. The third-order valence-electron chi connectivity index (χ3n) is 4.94. The molecule has 0 saturated carbocycles. The summed E-state index contributed by atoms with van der Waals surface area (Å²) in [7, 11) is 0. The van der Waals surface area contributed by atoms with Crippen molar-refractivity contribution in [3.8, 4) is 17.1 Å². The standard InChI is InChI=1S/C21H28N4O4/c1-3-14(2)29-16-8-6-15(7-9-16)20-23-21(27)18(24-25-20)10-11-19(26)22-13-17-5-4-12-28-17/h6-9,14,17H,3-5,10-13H2,1-2H3,(H,22,26)(H,23,25,27)/t14-,17+/m1/s1. The van der Waals surface area contributed by atoms with E-state index in [0.717, 1.165) is 37.2 Å². The molecule has 1 aliphatic heterocycles.